The summed E-state index contributed by atoms with van der Waals surface area (Å²) in [5.74, 6) is 3.76. The molecule has 0 saturated carbocycles. The van der Waals surface area contributed by atoms with Gasteiger partial charge in [-0.25, -0.2) is 15.0 Å². The van der Waals surface area contributed by atoms with Gasteiger partial charge in [0.15, 0.2) is 0 Å². The third-order valence-corrected chi connectivity index (χ3v) is 7.33. The molecule has 4 aromatic rings. The molecule has 8 heteroatoms. The normalized spacial score (nSPS) is 15.1. The molecule has 4 heterocycles. The van der Waals surface area contributed by atoms with Gasteiger partial charge < -0.3 is 14.6 Å². The minimum absolute atomic E-state index is 0.440. The molecule has 7 nitrogen and oxygen atoms in total. The zero-order chi connectivity index (χ0) is 23.5. The van der Waals surface area contributed by atoms with E-state index in [4.69, 9.17) is 9.72 Å². The maximum Gasteiger partial charge on any atom is 0.138 e. The highest BCUT2D eigenvalue weighted by Crippen LogP contribution is 2.30. The molecule has 0 unspecified atom stereocenters. The van der Waals surface area contributed by atoms with E-state index >= 15 is 0 Å². The molecule has 1 aliphatic rings. The molecule has 1 saturated heterocycles. The fourth-order valence-corrected chi connectivity index (χ4v) is 5.51. The molecular formula is C26H32N6OS. The second-order valence-corrected chi connectivity index (χ2v) is 10.3. The summed E-state index contributed by atoms with van der Waals surface area (Å²) in [6.45, 7) is 10.6. The van der Waals surface area contributed by atoms with Gasteiger partial charge in [0.2, 0.25) is 0 Å². The number of thiophene rings is 1. The fraction of sp³-hybridized carbons (Fsp3) is 0.423. The average molecular weight is 477 g/mol. The van der Waals surface area contributed by atoms with E-state index in [1.54, 1.807) is 11.3 Å². The highest BCUT2D eigenvalue weighted by atomic mass is 32.1. The van der Waals surface area contributed by atoms with Crippen LogP contribution in [0.3, 0.4) is 0 Å². The Hall–Kier alpha value is -2.97. The Balaban J connectivity index is 1.13. The zero-order valence-electron chi connectivity index (χ0n) is 20.1. The molecule has 1 N–H and O–H groups in total. The summed E-state index contributed by atoms with van der Waals surface area (Å²) in [6.07, 6.45) is 6.03. The second kappa shape index (κ2) is 10.1. The molecule has 0 atom stereocenters. The largest absolute Gasteiger partial charge is 0.492 e. The molecule has 0 bridgehead atoms. The predicted octanol–water partition coefficient (Wildman–Crippen LogP) is 4.97. The van der Waals surface area contributed by atoms with Crippen LogP contribution in [0.5, 0.6) is 5.75 Å². The van der Waals surface area contributed by atoms with Crippen molar-refractivity contribution in [3.05, 3.63) is 64.8 Å². The Morgan fingerprint density at radius 2 is 1.97 bits per heavy atom. The molecule has 3 aromatic heterocycles. The first-order chi connectivity index (χ1) is 16.5. The maximum atomic E-state index is 6.01. The fourth-order valence-electron chi connectivity index (χ4n) is 4.58. The number of benzene rings is 1. The van der Waals surface area contributed by atoms with Crippen molar-refractivity contribution in [2.24, 2.45) is 0 Å². The summed E-state index contributed by atoms with van der Waals surface area (Å²) >= 11 is 1.74. The Morgan fingerprint density at radius 3 is 2.76 bits per heavy atom. The lowest BCUT2D eigenvalue weighted by Gasteiger charge is -2.32. The van der Waals surface area contributed by atoms with Gasteiger partial charge in [0.25, 0.3) is 0 Å². The van der Waals surface area contributed by atoms with Gasteiger partial charge >= 0.3 is 0 Å². The van der Waals surface area contributed by atoms with Crippen LogP contribution in [0.2, 0.25) is 0 Å². The van der Waals surface area contributed by atoms with Crippen LogP contribution in [0.1, 0.15) is 34.9 Å². The van der Waals surface area contributed by atoms with Crippen LogP contribution in [0.25, 0.3) is 10.2 Å². The van der Waals surface area contributed by atoms with E-state index in [1.165, 1.54) is 10.4 Å². The molecule has 1 aromatic carbocycles. The predicted molar refractivity (Wildman–Crippen MR) is 138 cm³/mol. The van der Waals surface area contributed by atoms with Gasteiger partial charge in [-0.2, -0.15) is 0 Å². The molecular weight excluding hydrogens is 444 g/mol. The number of nitrogens with zero attached hydrogens (tertiary/aromatic N) is 5. The van der Waals surface area contributed by atoms with E-state index in [0.29, 0.717) is 12.6 Å². The number of piperidine rings is 1. The molecule has 34 heavy (non-hydrogen) atoms. The average Bonchev–Trinajstić information content (AvgIpc) is 3.40. The van der Waals surface area contributed by atoms with Crippen LogP contribution < -0.4 is 10.1 Å². The number of rotatable bonds is 8. The van der Waals surface area contributed by atoms with E-state index in [-0.39, 0.29) is 0 Å². The summed E-state index contributed by atoms with van der Waals surface area (Å²) in [7, 11) is 0. The van der Waals surface area contributed by atoms with Crippen molar-refractivity contribution in [3.8, 4) is 5.75 Å². The first-order valence-corrected chi connectivity index (χ1v) is 12.8. The number of nitrogens with one attached hydrogen (secondary N) is 1. The van der Waals surface area contributed by atoms with Crippen molar-refractivity contribution in [2.45, 2.75) is 52.7 Å². The molecule has 0 aliphatic carbocycles. The second-order valence-electron chi connectivity index (χ2n) is 9.05. The quantitative estimate of drug-likeness (QED) is 0.387. The highest BCUT2D eigenvalue weighted by Gasteiger charge is 2.21. The topological polar surface area (TPSA) is 68.1 Å². The van der Waals surface area contributed by atoms with Crippen LogP contribution in [0.4, 0.5) is 5.82 Å². The summed E-state index contributed by atoms with van der Waals surface area (Å²) in [5, 5.41) is 4.86. The van der Waals surface area contributed by atoms with E-state index < -0.39 is 0 Å². The lowest BCUT2D eigenvalue weighted by Crippen LogP contribution is -2.38. The van der Waals surface area contributed by atoms with Crippen molar-refractivity contribution in [3.63, 3.8) is 0 Å². The van der Waals surface area contributed by atoms with Gasteiger partial charge in [-0.1, -0.05) is 12.1 Å². The van der Waals surface area contributed by atoms with E-state index in [2.05, 4.69) is 55.9 Å². The molecule has 0 radical (unpaired) electrons. The van der Waals surface area contributed by atoms with Crippen LogP contribution in [-0.4, -0.2) is 50.2 Å². The van der Waals surface area contributed by atoms with Crippen molar-refractivity contribution < 1.29 is 4.74 Å². The summed E-state index contributed by atoms with van der Waals surface area (Å²) < 4.78 is 8.11. The SMILES string of the molecule is Cc1nc(NC2CCN(Cc3cccc(OCCn4ccnc4C)c3)CC2)c2cc(C)sc2n1. The molecule has 1 fully saturated rings. The van der Waals surface area contributed by atoms with Crippen LogP contribution in [-0.2, 0) is 13.1 Å². The standard InChI is InChI=1S/C26H32N6OS/c1-18-15-24-25(28-19(2)29-26(24)34-18)30-22-7-10-31(11-8-22)17-21-5-4-6-23(16-21)33-14-13-32-12-9-27-20(32)3/h4-6,9,12,15-16,22H,7-8,10-11,13-14,17H2,1-3H3,(H,28,29,30). The van der Waals surface area contributed by atoms with E-state index in [9.17, 15) is 0 Å². The minimum atomic E-state index is 0.440. The third kappa shape index (κ3) is 5.39. The smallest absolute Gasteiger partial charge is 0.138 e. The number of anilines is 1. The number of aryl methyl sites for hydroxylation is 3. The van der Waals surface area contributed by atoms with E-state index in [0.717, 1.165) is 72.5 Å². The van der Waals surface area contributed by atoms with Crippen molar-refractivity contribution >= 4 is 27.4 Å². The molecule has 5 rings (SSSR count). The van der Waals surface area contributed by atoms with Gasteiger partial charge in [0, 0.05) is 42.9 Å². The maximum absolute atomic E-state index is 6.01. The Kier molecular flexibility index (Phi) is 6.78. The van der Waals surface area contributed by atoms with Crippen molar-refractivity contribution in [1.82, 2.24) is 24.4 Å². The van der Waals surface area contributed by atoms with E-state index in [1.807, 2.05) is 32.3 Å². The number of imidazole rings is 1. The first-order valence-electron chi connectivity index (χ1n) is 12.0. The molecule has 1 aliphatic heterocycles. The number of likely N-dealkylation sites (tertiary alicyclic amines) is 1. The number of hydrogen-bond acceptors (Lipinski definition) is 7. The zero-order valence-corrected chi connectivity index (χ0v) is 20.9. The Morgan fingerprint density at radius 1 is 1.12 bits per heavy atom. The number of hydrogen-bond donors (Lipinski definition) is 1. The lowest BCUT2D eigenvalue weighted by molar-refractivity contribution is 0.211. The van der Waals surface area contributed by atoms with Crippen LogP contribution >= 0.6 is 11.3 Å². The van der Waals surface area contributed by atoms with Crippen molar-refractivity contribution in [1.29, 1.82) is 0 Å². The number of ether oxygens (including phenoxy) is 1. The van der Waals surface area contributed by atoms with Gasteiger partial charge in [0.1, 0.15) is 34.7 Å². The highest BCUT2D eigenvalue weighted by molar-refractivity contribution is 7.18. The number of aromatic nitrogens is 4. The summed E-state index contributed by atoms with van der Waals surface area (Å²) in [4.78, 5) is 18.4. The van der Waals surface area contributed by atoms with Crippen LogP contribution in [0, 0.1) is 20.8 Å². The monoisotopic (exact) mass is 476 g/mol. The minimum Gasteiger partial charge on any atom is -0.492 e. The Labute approximate surface area is 204 Å². The van der Waals surface area contributed by atoms with Gasteiger partial charge in [0.05, 0.1) is 11.9 Å². The summed E-state index contributed by atoms with van der Waals surface area (Å²) in [5.41, 5.74) is 1.30. The lowest BCUT2D eigenvalue weighted by atomic mass is 10.0. The summed E-state index contributed by atoms with van der Waals surface area (Å²) in [6, 6.07) is 11.1. The number of fused-ring (bicyclic) bond motifs is 1. The Bertz CT molecular complexity index is 1260. The van der Waals surface area contributed by atoms with Gasteiger partial charge in [-0.3, -0.25) is 4.90 Å². The third-order valence-electron chi connectivity index (χ3n) is 6.39. The molecule has 178 valence electrons. The first kappa shape index (κ1) is 22.8. The molecule has 0 spiro atoms. The molecule has 0 amide bonds. The van der Waals surface area contributed by atoms with Crippen LogP contribution in [0.15, 0.2) is 42.7 Å². The van der Waals surface area contributed by atoms with Crippen molar-refractivity contribution in [2.75, 3.05) is 25.0 Å². The van der Waals surface area contributed by atoms with Gasteiger partial charge in [-0.05, 0) is 57.4 Å². The van der Waals surface area contributed by atoms with Gasteiger partial charge in [-0.15, -0.1) is 11.3 Å².